The molecule has 0 amide bonds. The van der Waals surface area contributed by atoms with Crippen LogP contribution in [-0.2, 0) is 32.1 Å². The molecule has 2 aromatic heterocycles. The summed E-state index contributed by atoms with van der Waals surface area (Å²) in [7, 11) is 0. The molecule has 454 valence electrons. The van der Waals surface area contributed by atoms with Gasteiger partial charge in [-0.3, -0.25) is 9.97 Å². The summed E-state index contributed by atoms with van der Waals surface area (Å²) in [4.78, 5) is 9.14. The lowest BCUT2D eigenvalue weighted by molar-refractivity contribution is 1.13. The molecule has 0 N–H and O–H groups in total. The molecule has 5 aliphatic rings. The number of hydrogen-bond donors (Lipinski definition) is 0. The molecule has 0 bridgehead atoms. The van der Waals surface area contributed by atoms with Crippen LogP contribution in [0.15, 0.2) is 328 Å². The Morgan fingerprint density at radius 2 is 0.588 bits per heavy atom. The van der Waals surface area contributed by atoms with Crippen LogP contribution in [0, 0.1) is 0 Å². The third-order valence-electron chi connectivity index (χ3n) is 21.0. The van der Waals surface area contributed by atoms with E-state index in [0.29, 0.717) is 0 Å². The summed E-state index contributed by atoms with van der Waals surface area (Å²) < 4.78 is 0. The SMILES string of the molecule is c1ccc2c(c1)Cc1ccc3c(ccc4ccccc43)c1-2.c1ccc2c(c1)Cc1ccc3cc4ccccc4cc3c1-2.c1ccc2c(c1)Cc1ccc3ccc4ccccc4c3c1-2.c1ccc2c(c1)Cc1cnc3ccccc3c1-2.c1ccc2c(c1)Cc1ncc3ccccc3c1-2. The van der Waals surface area contributed by atoms with Crippen molar-refractivity contribution in [3.8, 4) is 55.6 Å². The molecule has 0 saturated carbocycles. The Balaban J connectivity index is 0.0000000855. The van der Waals surface area contributed by atoms with Crippen molar-refractivity contribution in [1.29, 1.82) is 0 Å². The minimum Gasteiger partial charge on any atom is -0.260 e. The fourth-order valence-electron chi connectivity index (χ4n) is 16.6. The smallest absolute Gasteiger partial charge is 0.0708 e. The number of para-hydroxylation sites is 1. The average Bonchev–Trinajstić information content (AvgIpc) is 1.67. The predicted molar refractivity (Wildman–Crippen MR) is 409 cm³/mol. The van der Waals surface area contributed by atoms with Gasteiger partial charge in [0, 0.05) is 41.6 Å². The molecule has 0 aliphatic heterocycles. The fourth-order valence-corrected chi connectivity index (χ4v) is 16.6. The highest BCUT2D eigenvalue weighted by Crippen LogP contribution is 2.47. The van der Waals surface area contributed by atoms with Crippen molar-refractivity contribution in [3.05, 3.63) is 384 Å². The van der Waals surface area contributed by atoms with Gasteiger partial charge in [-0.2, -0.15) is 0 Å². The first-order valence-corrected chi connectivity index (χ1v) is 34.1. The first-order chi connectivity index (χ1) is 48.1. The molecule has 5 aliphatic carbocycles. The zero-order valence-corrected chi connectivity index (χ0v) is 53.6. The lowest BCUT2D eigenvalue weighted by atomic mass is 9.93. The standard InChI is InChI=1S/3C21H14.2C16H11N/c1-3-7-17-14(5-1)9-12-20-19(17)11-10-16-13-15-6-2-4-8-18(15)21(16)20;1-3-7-18-14(5-1)9-10-15-11-12-17-13-16-6-2-4-8-19(16)21(17)20(15)18;1-2-6-15-13-20-17(11-14(15)5-1)9-10-18-12-16-7-3-4-8-19(16)21(18)20;1-3-7-13-11(5-1)9-15-16(13)14-8-4-2-6-12(14)10-17-15;1-2-6-13-11(5-1)9-12-10-17-15-8-4-3-7-14(15)16(12)13/h2*1-12H,13H2;1-11,13H,12H2;2*1-8,10H,9H2. The third kappa shape index (κ3) is 9.70. The summed E-state index contributed by atoms with van der Waals surface area (Å²) in [5.41, 5.74) is 29.2. The van der Waals surface area contributed by atoms with E-state index in [-0.39, 0.29) is 0 Å². The molecule has 23 rings (SSSR count). The first-order valence-electron chi connectivity index (χ1n) is 34.1. The minimum absolute atomic E-state index is 0.969. The van der Waals surface area contributed by atoms with Crippen LogP contribution in [0.3, 0.4) is 0 Å². The van der Waals surface area contributed by atoms with Gasteiger partial charge in [-0.1, -0.05) is 297 Å². The summed E-state index contributed by atoms with van der Waals surface area (Å²) in [6.45, 7) is 0. The summed E-state index contributed by atoms with van der Waals surface area (Å²) in [6.07, 6.45) is 9.19. The Kier molecular flexibility index (Phi) is 13.6. The van der Waals surface area contributed by atoms with Crippen LogP contribution in [0.2, 0.25) is 0 Å². The largest absolute Gasteiger partial charge is 0.260 e. The van der Waals surface area contributed by atoms with Gasteiger partial charge >= 0.3 is 0 Å². The van der Waals surface area contributed by atoms with Gasteiger partial charge in [-0.15, -0.1) is 0 Å². The number of nitrogens with zero attached hydrogens (tertiary/aromatic N) is 2. The summed E-state index contributed by atoms with van der Waals surface area (Å²) >= 11 is 0. The van der Waals surface area contributed by atoms with Crippen LogP contribution in [0.1, 0.15) is 55.8 Å². The quantitative estimate of drug-likeness (QED) is 0.112. The van der Waals surface area contributed by atoms with E-state index in [4.69, 9.17) is 0 Å². The maximum Gasteiger partial charge on any atom is 0.0708 e. The molecule has 0 atom stereocenters. The number of fused-ring (bicyclic) bond motifs is 30. The third-order valence-corrected chi connectivity index (χ3v) is 21.0. The first kappa shape index (κ1) is 56.4. The van der Waals surface area contributed by atoms with E-state index < -0.39 is 0 Å². The number of benzene rings is 16. The van der Waals surface area contributed by atoms with E-state index in [1.807, 2.05) is 18.5 Å². The van der Waals surface area contributed by atoms with Gasteiger partial charge in [0.05, 0.1) is 11.2 Å². The van der Waals surface area contributed by atoms with Gasteiger partial charge in [-0.25, -0.2) is 0 Å². The van der Waals surface area contributed by atoms with Gasteiger partial charge in [0.1, 0.15) is 0 Å². The van der Waals surface area contributed by atoms with Crippen LogP contribution < -0.4 is 0 Å². The summed E-state index contributed by atoms with van der Waals surface area (Å²) in [5.74, 6) is 0. The Hall–Kier alpha value is -12.1. The van der Waals surface area contributed by atoms with Gasteiger partial charge in [0.2, 0.25) is 0 Å². The van der Waals surface area contributed by atoms with E-state index in [2.05, 4.69) is 319 Å². The van der Waals surface area contributed by atoms with E-state index >= 15 is 0 Å². The van der Waals surface area contributed by atoms with Gasteiger partial charge in [0.15, 0.2) is 0 Å². The Morgan fingerprint density at radius 1 is 0.186 bits per heavy atom. The molecule has 16 aromatic carbocycles. The second kappa shape index (κ2) is 23.4. The van der Waals surface area contributed by atoms with Crippen molar-refractivity contribution in [2.45, 2.75) is 32.1 Å². The molecule has 18 aromatic rings. The normalized spacial score (nSPS) is 12.5. The lowest BCUT2D eigenvalue weighted by Gasteiger charge is -2.10. The topological polar surface area (TPSA) is 25.8 Å². The van der Waals surface area contributed by atoms with Gasteiger partial charge in [-0.05, 0) is 208 Å². The maximum absolute atomic E-state index is 4.60. The van der Waals surface area contributed by atoms with Crippen molar-refractivity contribution in [1.82, 2.24) is 9.97 Å². The highest BCUT2D eigenvalue weighted by Gasteiger charge is 2.26. The second-order valence-electron chi connectivity index (χ2n) is 26.5. The number of aromatic nitrogens is 2. The molecule has 0 radical (unpaired) electrons. The molecule has 2 nitrogen and oxygen atoms in total. The molecule has 97 heavy (non-hydrogen) atoms. The van der Waals surface area contributed by atoms with E-state index in [0.717, 1.165) is 37.6 Å². The zero-order chi connectivity index (χ0) is 63.9. The highest BCUT2D eigenvalue weighted by molar-refractivity contribution is 6.17. The molecule has 0 saturated heterocycles. The molecular weight excluding hydrogens is 1170 g/mol. The number of pyridine rings is 2. The summed E-state index contributed by atoms with van der Waals surface area (Å²) in [6, 6.07) is 114. The zero-order valence-electron chi connectivity index (χ0n) is 53.6. The monoisotopic (exact) mass is 1230 g/mol. The highest BCUT2D eigenvalue weighted by atomic mass is 14.7. The van der Waals surface area contributed by atoms with Crippen LogP contribution in [-0.4, -0.2) is 9.97 Å². The molecular formula is C95H64N2. The minimum atomic E-state index is 0.969. The van der Waals surface area contributed by atoms with Crippen molar-refractivity contribution < 1.29 is 0 Å². The van der Waals surface area contributed by atoms with Crippen LogP contribution in [0.5, 0.6) is 0 Å². The lowest BCUT2D eigenvalue weighted by Crippen LogP contribution is -1.87. The van der Waals surface area contributed by atoms with Crippen molar-refractivity contribution >= 4 is 86.3 Å². The summed E-state index contributed by atoms with van der Waals surface area (Å²) in [5, 5.41) is 20.0. The molecule has 2 heteroatoms. The number of hydrogen-bond acceptors (Lipinski definition) is 2. The van der Waals surface area contributed by atoms with E-state index in [9.17, 15) is 0 Å². The van der Waals surface area contributed by atoms with Gasteiger partial charge in [0.25, 0.3) is 0 Å². The molecule has 0 spiro atoms. The maximum atomic E-state index is 4.60. The average molecular weight is 1230 g/mol. The second-order valence-corrected chi connectivity index (χ2v) is 26.5. The van der Waals surface area contributed by atoms with Crippen molar-refractivity contribution in [2.24, 2.45) is 0 Å². The predicted octanol–water partition coefficient (Wildman–Crippen LogP) is 24.3. The van der Waals surface area contributed by atoms with E-state index in [1.165, 1.54) is 192 Å². The Morgan fingerprint density at radius 3 is 1.24 bits per heavy atom. The van der Waals surface area contributed by atoms with Gasteiger partial charge < -0.3 is 0 Å². The van der Waals surface area contributed by atoms with Crippen molar-refractivity contribution in [2.75, 3.05) is 0 Å². The Labute approximate surface area is 564 Å². The van der Waals surface area contributed by atoms with Crippen molar-refractivity contribution in [3.63, 3.8) is 0 Å². The van der Waals surface area contributed by atoms with E-state index in [1.54, 1.807) is 0 Å². The molecule has 2 heterocycles. The molecule has 0 fully saturated rings. The molecule has 0 unspecified atom stereocenters. The van der Waals surface area contributed by atoms with Crippen LogP contribution in [0.25, 0.3) is 142 Å². The fraction of sp³-hybridized carbons (Fsp3) is 0.0526. The number of rotatable bonds is 0. The van der Waals surface area contributed by atoms with Crippen LogP contribution in [0.4, 0.5) is 0 Å². The van der Waals surface area contributed by atoms with Crippen LogP contribution >= 0.6 is 0 Å². The Bertz CT molecular complexity index is 6040.